The van der Waals surface area contributed by atoms with Crippen molar-refractivity contribution in [3.63, 3.8) is 0 Å². The third-order valence-electron chi connectivity index (χ3n) is 3.50. The van der Waals surface area contributed by atoms with Gasteiger partial charge in [-0.1, -0.05) is 26.0 Å². The third kappa shape index (κ3) is 4.80. The molecular weight excluding hydrogens is 234 g/mol. The molecule has 3 nitrogen and oxygen atoms in total. The van der Waals surface area contributed by atoms with Crippen molar-refractivity contribution in [2.24, 2.45) is 5.92 Å². The van der Waals surface area contributed by atoms with E-state index in [4.69, 9.17) is 0 Å². The standard InChI is InChI=1S/C13H25NO2S/c1-4-7-14-13(9-11(3)5-2)12-6-8-17(15,16)10-12/h12-14H,3-10H2,1-2H3. The Morgan fingerprint density at radius 3 is 2.65 bits per heavy atom. The van der Waals surface area contributed by atoms with Gasteiger partial charge in [-0.3, -0.25) is 0 Å². The second-order valence-electron chi connectivity index (χ2n) is 5.03. The Labute approximate surface area is 106 Å². The van der Waals surface area contributed by atoms with Crippen molar-refractivity contribution >= 4 is 9.84 Å². The lowest BCUT2D eigenvalue weighted by atomic mass is 9.92. The highest BCUT2D eigenvalue weighted by Crippen LogP contribution is 2.25. The normalized spacial score (nSPS) is 24.7. The summed E-state index contributed by atoms with van der Waals surface area (Å²) in [5.74, 6) is 0.987. The summed E-state index contributed by atoms with van der Waals surface area (Å²) in [6.07, 6.45) is 3.77. The summed E-state index contributed by atoms with van der Waals surface area (Å²) in [7, 11) is -2.78. The number of hydrogen-bond acceptors (Lipinski definition) is 3. The van der Waals surface area contributed by atoms with Gasteiger partial charge in [-0.05, 0) is 38.1 Å². The highest BCUT2D eigenvalue weighted by Gasteiger charge is 2.33. The van der Waals surface area contributed by atoms with Gasteiger partial charge in [0, 0.05) is 6.04 Å². The minimum atomic E-state index is -2.78. The molecule has 0 aromatic rings. The van der Waals surface area contributed by atoms with Crippen LogP contribution in [0.4, 0.5) is 0 Å². The molecule has 1 heterocycles. The van der Waals surface area contributed by atoms with Crippen LogP contribution in [0.25, 0.3) is 0 Å². The Bertz CT molecular complexity index is 348. The first kappa shape index (κ1) is 14.7. The van der Waals surface area contributed by atoms with Gasteiger partial charge in [0.25, 0.3) is 0 Å². The number of sulfone groups is 1. The summed E-state index contributed by atoms with van der Waals surface area (Å²) >= 11 is 0. The molecule has 0 aromatic heterocycles. The fraction of sp³-hybridized carbons (Fsp3) is 0.846. The zero-order chi connectivity index (χ0) is 12.9. The van der Waals surface area contributed by atoms with Crippen LogP contribution in [0, 0.1) is 5.92 Å². The molecule has 100 valence electrons. The largest absolute Gasteiger partial charge is 0.313 e. The van der Waals surface area contributed by atoms with Gasteiger partial charge in [-0.2, -0.15) is 0 Å². The zero-order valence-electron chi connectivity index (χ0n) is 11.0. The van der Waals surface area contributed by atoms with Gasteiger partial charge >= 0.3 is 0 Å². The zero-order valence-corrected chi connectivity index (χ0v) is 11.9. The van der Waals surface area contributed by atoms with Crippen LogP contribution in [-0.2, 0) is 9.84 Å². The lowest BCUT2D eigenvalue weighted by Crippen LogP contribution is -2.37. The Morgan fingerprint density at radius 1 is 1.47 bits per heavy atom. The molecule has 0 spiro atoms. The van der Waals surface area contributed by atoms with Gasteiger partial charge in [0.05, 0.1) is 11.5 Å². The third-order valence-corrected chi connectivity index (χ3v) is 5.30. The number of hydrogen-bond donors (Lipinski definition) is 1. The molecule has 1 aliphatic rings. The van der Waals surface area contributed by atoms with E-state index < -0.39 is 9.84 Å². The molecule has 0 bridgehead atoms. The SMILES string of the molecule is C=C(CC)CC(NCCC)C1CCS(=O)(=O)C1. The molecule has 2 unspecified atom stereocenters. The maximum absolute atomic E-state index is 11.5. The van der Waals surface area contributed by atoms with E-state index >= 15 is 0 Å². The predicted molar refractivity (Wildman–Crippen MR) is 72.9 cm³/mol. The molecule has 0 saturated carbocycles. The first-order valence-electron chi connectivity index (χ1n) is 6.59. The number of rotatable bonds is 7. The molecule has 1 N–H and O–H groups in total. The van der Waals surface area contributed by atoms with Gasteiger partial charge in [-0.25, -0.2) is 8.42 Å². The summed E-state index contributed by atoms with van der Waals surface area (Å²) in [5.41, 5.74) is 1.21. The van der Waals surface area contributed by atoms with Crippen LogP contribution in [-0.4, -0.2) is 32.5 Å². The highest BCUT2D eigenvalue weighted by atomic mass is 32.2. The van der Waals surface area contributed by atoms with Gasteiger partial charge in [-0.15, -0.1) is 0 Å². The number of nitrogens with one attached hydrogen (secondary N) is 1. The molecule has 2 atom stereocenters. The van der Waals surface area contributed by atoms with Crippen molar-refractivity contribution in [3.05, 3.63) is 12.2 Å². The summed E-state index contributed by atoms with van der Waals surface area (Å²) in [6, 6.07) is 0.291. The van der Waals surface area contributed by atoms with E-state index in [1.807, 2.05) is 0 Å². The summed E-state index contributed by atoms with van der Waals surface area (Å²) in [6.45, 7) is 9.23. The average molecular weight is 259 g/mol. The molecule has 1 fully saturated rings. The van der Waals surface area contributed by atoms with E-state index in [0.717, 1.165) is 32.2 Å². The Kier molecular flexibility index (Phi) is 5.67. The van der Waals surface area contributed by atoms with Crippen molar-refractivity contribution in [1.29, 1.82) is 0 Å². The predicted octanol–water partition coefficient (Wildman–Crippen LogP) is 2.15. The molecule has 1 rings (SSSR count). The van der Waals surface area contributed by atoms with Gasteiger partial charge in [0.2, 0.25) is 0 Å². The van der Waals surface area contributed by atoms with E-state index in [-0.39, 0.29) is 5.92 Å². The maximum atomic E-state index is 11.5. The first-order chi connectivity index (χ1) is 7.98. The Balaban J connectivity index is 2.59. The second kappa shape index (κ2) is 6.55. The van der Waals surface area contributed by atoms with Crippen molar-refractivity contribution in [3.8, 4) is 0 Å². The van der Waals surface area contributed by atoms with Crippen LogP contribution in [0.3, 0.4) is 0 Å². The molecule has 1 aliphatic heterocycles. The second-order valence-corrected chi connectivity index (χ2v) is 7.26. The summed E-state index contributed by atoms with van der Waals surface area (Å²) in [4.78, 5) is 0. The van der Waals surface area contributed by atoms with Gasteiger partial charge < -0.3 is 5.32 Å². The van der Waals surface area contributed by atoms with Crippen molar-refractivity contribution in [1.82, 2.24) is 5.32 Å². The minimum absolute atomic E-state index is 0.273. The van der Waals surface area contributed by atoms with E-state index in [1.54, 1.807) is 0 Å². The smallest absolute Gasteiger partial charge is 0.150 e. The van der Waals surface area contributed by atoms with Crippen LogP contribution < -0.4 is 5.32 Å². The molecule has 0 radical (unpaired) electrons. The van der Waals surface area contributed by atoms with E-state index in [9.17, 15) is 8.42 Å². The fourth-order valence-corrected chi connectivity index (χ4v) is 4.21. The van der Waals surface area contributed by atoms with Crippen LogP contribution in [0.5, 0.6) is 0 Å². The molecule has 4 heteroatoms. The van der Waals surface area contributed by atoms with E-state index in [1.165, 1.54) is 5.57 Å². The lowest BCUT2D eigenvalue weighted by Gasteiger charge is -2.24. The van der Waals surface area contributed by atoms with Crippen molar-refractivity contribution in [2.75, 3.05) is 18.1 Å². The molecule has 0 aromatic carbocycles. The summed E-state index contributed by atoms with van der Waals surface area (Å²) in [5, 5.41) is 3.49. The monoisotopic (exact) mass is 259 g/mol. The van der Waals surface area contributed by atoms with Crippen LogP contribution in [0.2, 0.25) is 0 Å². The van der Waals surface area contributed by atoms with E-state index in [2.05, 4.69) is 25.7 Å². The summed E-state index contributed by atoms with van der Waals surface area (Å²) < 4.78 is 23.0. The Morgan fingerprint density at radius 2 is 2.18 bits per heavy atom. The molecule has 17 heavy (non-hydrogen) atoms. The van der Waals surface area contributed by atoms with E-state index in [0.29, 0.717) is 17.5 Å². The Hall–Kier alpha value is -0.350. The fourth-order valence-electron chi connectivity index (χ4n) is 2.33. The van der Waals surface area contributed by atoms with Gasteiger partial charge in [0.15, 0.2) is 9.84 Å². The maximum Gasteiger partial charge on any atom is 0.150 e. The van der Waals surface area contributed by atoms with Crippen LogP contribution in [0.15, 0.2) is 12.2 Å². The lowest BCUT2D eigenvalue weighted by molar-refractivity contribution is 0.377. The molecule has 1 saturated heterocycles. The molecule has 0 amide bonds. The van der Waals surface area contributed by atoms with Gasteiger partial charge in [0.1, 0.15) is 0 Å². The van der Waals surface area contributed by atoms with Crippen LogP contribution in [0.1, 0.15) is 39.5 Å². The quantitative estimate of drug-likeness (QED) is 0.713. The molecular formula is C13H25NO2S. The topological polar surface area (TPSA) is 46.2 Å². The molecule has 0 aliphatic carbocycles. The highest BCUT2D eigenvalue weighted by molar-refractivity contribution is 7.91. The first-order valence-corrected chi connectivity index (χ1v) is 8.41. The van der Waals surface area contributed by atoms with Crippen molar-refractivity contribution < 1.29 is 8.42 Å². The van der Waals surface area contributed by atoms with Crippen LogP contribution >= 0.6 is 0 Å². The van der Waals surface area contributed by atoms with Crippen molar-refractivity contribution in [2.45, 2.75) is 45.6 Å². The minimum Gasteiger partial charge on any atom is -0.313 e. The average Bonchev–Trinajstić information content (AvgIpc) is 2.64.